The van der Waals surface area contributed by atoms with Crippen molar-refractivity contribution >= 4 is 11.8 Å². The summed E-state index contributed by atoms with van der Waals surface area (Å²) in [5.41, 5.74) is -0.241. The summed E-state index contributed by atoms with van der Waals surface area (Å²) in [5, 5.41) is 0. The van der Waals surface area contributed by atoms with Gasteiger partial charge in [0.15, 0.2) is 0 Å². The molecule has 0 unspecified atom stereocenters. The summed E-state index contributed by atoms with van der Waals surface area (Å²) in [5.74, 6) is 0.455. The molecular formula is C13H22N2O2. The van der Waals surface area contributed by atoms with Gasteiger partial charge in [-0.25, -0.2) is 0 Å². The Morgan fingerprint density at radius 2 is 1.82 bits per heavy atom. The van der Waals surface area contributed by atoms with Gasteiger partial charge < -0.3 is 9.80 Å². The van der Waals surface area contributed by atoms with E-state index in [9.17, 15) is 9.59 Å². The first kappa shape index (κ1) is 12.4. The Bertz CT molecular complexity index is 343. The molecule has 0 aromatic rings. The Balaban J connectivity index is 1.99. The molecule has 4 heteroatoms. The first-order chi connectivity index (χ1) is 7.87. The van der Waals surface area contributed by atoms with Crippen LogP contribution in [0.2, 0.25) is 0 Å². The summed E-state index contributed by atoms with van der Waals surface area (Å²) in [6.07, 6.45) is 0.909. The van der Waals surface area contributed by atoms with E-state index in [1.165, 1.54) is 0 Å². The Labute approximate surface area is 103 Å². The molecular weight excluding hydrogens is 216 g/mol. The number of likely N-dealkylation sites (tertiary alicyclic amines) is 2. The number of carbonyl (C=O) groups is 2. The van der Waals surface area contributed by atoms with E-state index in [1.54, 1.807) is 0 Å². The van der Waals surface area contributed by atoms with Crippen molar-refractivity contribution < 1.29 is 9.59 Å². The third-order valence-corrected chi connectivity index (χ3v) is 3.96. The summed E-state index contributed by atoms with van der Waals surface area (Å²) in [7, 11) is 0. The lowest BCUT2D eigenvalue weighted by Crippen LogP contribution is -2.62. The molecule has 96 valence electrons. The number of hydrogen-bond donors (Lipinski definition) is 0. The molecule has 0 radical (unpaired) electrons. The van der Waals surface area contributed by atoms with Gasteiger partial charge in [-0.2, -0.15) is 0 Å². The lowest BCUT2D eigenvalue weighted by Gasteiger charge is -2.47. The molecule has 0 bridgehead atoms. The Hall–Kier alpha value is -1.06. The first-order valence-electron chi connectivity index (χ1n) is 6.47. The molecule has 17 heavy (non-hydrogen) atoms. The third-order valence-electron chi connectivity index (χ3n) is 3.96. The first-order valence-corrected chi connectivity index (χ1v) is 6.47. The molecule has 0 N–H and O–H groups in total. The highest BCUT2D eigenvalue weighted by Crippen LogP contribution is 2.41. The third kappa shape index (κ3) is 1.83. The minimum absolute atomic E-state index is 0.0325. The molecule has 2 heterocycles. The second-order valence-electron chi connectivity index (χ2n) is 5.97. The lowest BCUT2D eigenvalue weighted by atomic mass is 9.77. The van der Waals surface area contributed by atoms with Gasteiger partial charge in [0, 0.05) is 31.6 Å². The second-order valence-corrected chi connectivity index (χ2v) is 5.97. The van der Waals surface area contributed by atoms with Gasteiger partial charge in [0.2, 0.25) is 11.8 Å². The Morgan fingerprint density at radius 3 is 2.24 bits per heavy atom. The van der Waals surface area contributed by atoms with Crippen LogP contribution in [0.1, 0.15) is 34.1 Å². The maximum absolute atomic E-state index is 12.3. The molecule has 0 atom stereocenters. The van der Waals surface area contributed by atoms with Gasteiger partial charge in [-0.1, -0.05) is 13.8 Å². The topological polar surface area (TPSA) is 40.6 Å². The fourth-order valence-electron chi connectivity index (χ4n) is 2.84. The van der Waals surface area contributed by atoms with E-state index in [1.807, 2.05) is 37.5 Å². The molecule has 2 rings (SSSR count). The summed E-state index contributed by atoms with van der Waals surface area (Å²) in [6.45, 7) is 10.0. The summed E-state index contributed by atoms with van der Waals surface area (Å²) >= 11 is 0. The van der Waals surface area contributed by atoms with Crippen LogP contribution >= 0.6 is 0 Å². The maximum atomic E-state index is 12.3. The highest BCUT2D eigenvalue weighted by molar-refractivity contribution is 5.90. The van der Waals surface area contributed by atoms with E-state index < -0.39 is 0 Å². The maximum Gasteiger partial charge on any atom is 0.232 e. The van der Waals surface area contributed by atoms with Crippen LogP contribution in [0, 0.1) is 11.3 Å². The largest absolute Gasteiger partial charge is 0.340 e. The zero-order valence-electron chi connectivity index (χ0n) is 11.2. The van der Waals surface area contributed by atoms with Crippen molar-refractivity contribution in [2.75, 3.05) is 19.6 Å². The van der Waals surface area contributed by atoms with Gasteiger partial charge >= 0.3 is 0 Å². The monoisotopic (exact) mass is 238 g/mol. The number of hydrogen-bond acceptors (Lipinski definition) is 2. The lowest BCUT2D eigenvalue weighted by molar-refractivity contribution is -0.156. The van der Waals surface area contributed by atoms with Gasteiger partial charge in [-0.3, -0.25) is 9.59 Å². The summed E-state index contributed by atoms with van der Waals surface area (Å²) < 4.78 is 0. The number of amides is 2. The molecule has 0 saturated carbocycles. The Kier molecular flexibility index (Phi) is 2.92. The van der Waals surface area contributed by atoms with Crippen LogP contribution < -0.4 is 0 Å². The van der Waals surface area contributed by atoms with E-state index in [0.717, 1.165) is 13.0 Å². The van der Waals surface area contributed by atoms with Crippen molar-refractivity contribution in [1.82, 2.24) is 9.80 Å². The second kappa shape index (κ2) is 4.00. The molecule has 2 saturated heterocycles. The van der Waals surface area contributed by atoms with Gasteiger partial charge in [-0.15, -0.1) is 0 Å². The SMILES string of the molecule is CC(C)C(=O)N1CC2(CCN(C(C)C)C2=O)C1. The standard InChI is InChI=1S/C13H22N2O2/c1-9(2)11(16)14-7-13(8-14)5-6-15(10(3)4)12(13)17/h9-10H,5-8H2,1-4H3. The van der Waals surface area contributed by atoms with Crippen LogP contribution in [-0.2, 0) is 9.59 Å². The predicted octanol–water partition coefficient (Wildman–Crippen LogP) is 1.11. The predicted molar refractivity (Wildman–Crippen MR) is 65.3 cm³/mol. The fourth-order valence-corrected chi connectivity index (χ4v) is 2.84. The number of nitrogens with zero attached hydrogens (tertiary/aromatic N) is 2. The van der Waals surface area contributed by atoms with E-state index >= 15 is 0 Å². The summed E-state index contributed by atoms with van der Waals surface area (Å²) in [6, 6.07) is 0.275. The molecule has 2 aliphatic rings. The van der Waals surface area contributed by atoms with Crippen LogP contribution in [0.15, 0.2) is 0 Å². The van der Waals surface area contributed by atoms with Gasteiger partial charge in [0.1, 0.15) is 0 Å². The minimum Gasteiger partial charge on any atom is -0.340 e. The van der Waals surface area contributed by atoms with Crippen LogP contribution in [0.3, 0.4) is 0 Å². The van der Waals surface area contributed by atoms with Crippen molar-refractivity contribution in [3.8, 4) is 0 Å². The number of rotatable bonds is 2. The van der Waals surface area contributed by atoms with E-state index in [2.05, 4.69) is 0 Å². The minimum atomic E-state index is -0.241. The Morgan fingerprint density at radius 1 is 1.24 bits per heavy atom. The average molecular weight is 238 g/mol. The fraction of sp³-hybridized carbons (Fsp3) is 0.846. The van der Waals surface area contributed by atoms with Gasteiger partial charge in [-0.05, 0) is 20.3 Å². The quantitative estimate of drug-likeness (QED) is 0.723. The molecule has 0 aromatic heterocycles. The average Bonchev–Trinajstić information content (AvgIpc) is 2.52. The van der Waals surface area contributed by atoms with E-state index in [4.69, 9.17) is 0 Å². The smallest absolute Gasteiger partial charge is 0.232 e. The highest BCUT2D eigenvalue weighted by atomic mass is 16.2. The van der Waals surface area contributed by atoms with E-state index in [0.29, 0.717) is 13.1 Å². The van der Waals surface area contributed by atoms with Crippen molar-refractivity contribution in [1.29, 1.82) is 0 Å². The zero-order valence-corrected chi connectivity index (χ0v) is 11.2. The van der Waals surface area contributed by atoms with Crippen molar-refractivity contribution in [2.24, 2.45) is 11.3 Å². The van der Waals surface area contributed by atoms with Gasteiger partial charge in [0.25, 0.3) is 0 Å². The highest BCUT2D eigenvalue weighted by Gasteiger charge is 2.56. The normalized spacial score (nSPS) is 22.8. The van der Waals surface area contributed by atoms with Crippen LogP contribution in [0.4, 0.5) is 0 Å². The molecule has 0 aliphatic carbocycles. The molecule has 1 spiro atoms. The molecule has 0 aromatic carbocycles. The van der Waals surface area contributed by atoms with Crippen LogP contribution in [0.5, 0.6) is 0 Å². The molecule has 2 amide bonds. The van der Waals surface area contributed by atoms with Crippen molar-refractivity contribution in [3.63, 3.8) is 0 Å². The molecule has 2 aliphatic heterocycles. The van der Waals surface area contributed by atoms with E-state index in [-0.39, 0.29) is 29.2 Å². The van der Waals surface area contributed by atoms with Crippen LogP contribution in [0.25, 0.3) is 0 Å². The summed E-state index contributed by atoms with van der Waals surface area (Å²) in [4.78, 5) is 27.8. The number of carbonyl (C=O) groups excluding carboxylic acids is 2. The van der Waals surface area contributed by atoms with Crippen molar-refractivity contribution in [2.45, 2.75) is 40.2 Å². The van der Waals surface area contributed by atoms with Gasteiger partial charge in [0.05, 0.1) is 5.41 Å². The zero-order chi connectivity index (χ0) is 12.8. The molecule has 2 fully saturated rings. The molecule has 4 nitrogen and oxygen atoms in total. The van der Waals surface area contributed by atoms with Crippen LogP contribution in [-0.4, -0.2) is 47.3 Å². The van der Waals surface area contributed by atoms with Crippen molar-refractivity contribution in [3.05, 3.63) is 0 Å².